The highest BCUT2D eigenvalue weighted by molar-refractivity contribution is 5.33. The lowest BCUT2D eigenvalue weighted by Crippen LogP contribution is -2.33. The second kappa shape index (κ2) is 5.88. The molecule has 3 rings (SSSR count). The van der Waals surface area contributed by atoms with Gasteiger partial charge >= 0.3 is 0 Å². The molecule has 1 nitrogen and oxygen atoms in total. The lowest BCUT2D eigenvalue weighted by Gasteiger charge is -2.18. The van der Waals surface area contributed by atoms with Crippen molar-refractivity contribution in [1.82, 2.24) is 5.32 Å². The van der Waals surface area contributed by atoms with E-state index in [-0.39, 0.29) is 0 Å². The fourth-order valence-electron chi connectivity index (χ4n) is 3.60. The van der Waals surface area contributed by atoms with Gasteiger partial charge in [-0.15, -0.1) is 0 Å². The van der Waals surface area contributed by atoms with E-state index >= 15 is 0 Å². The first-order chi connectivity index (χ1) is 8.92. The zero-order valence-electron chi connectivity index (χ0n) is 11.3. The summed E-state index contributed by atoms with van der Waals surface area (Å²) in [5.74, 6) is 0.941. The molecule has 1 saturated carbocycles. The third kappa shape index (κ3) is 2.95. The Balaban J connectivity index is 1.47. The third-order valence-corrected chi connectivity index (χ3v) is 4.72. The van der Waals surface area contributed by atoms with Crippen molar-refractivity contribution in [1.29, 1.82) is 0 Å². The van der Waals surface area contributed by atoms with E-state index in [4.69, 9.17) is 0 Å². The van der Waals surface area contributed by atoms with Crippen LogP contribution in [-0.2, 0) is 12.8 Å². The second-order valence-corrected chi connectivity index (χ2v) is 6.14. The predicted octanol–water partition coefficient (Wildman–Crippen LogP) is 3.71. The van der Waals surface area contributed by atoms with Gasteiger partial charge in [-0.05, 0) is 49.3 Å². The Morgan fingerprint density at radius 2 is 1.50 bits per heavy atom. The molecular weight excluding hydrogens is 218 g/mol. The Kier molecular flexibility index (Phi) is 3.99. The molecule has 18 heavy (non-hydrogen) atoms. The van der Waals surface area contributed by atoms with Gasteiger partial charge in [-0.2, -0.15) is 0 Å². The Morgan fingerprint density at radius 1 is 0.889 bits per heavy atom. The van der Waals surface area contributed by atoms with Crippen LogP contribution in [0.5, 0.6) is 0 Å². The van der Waals surface area contributed by atoms with Crippen LogP contribution < -0.4 is 5.32 Å². The van der Waals surface area contributed by atoms with Gasteiger partial charge in [0, 0.05) is 6.04 Å². The number of hydrogen-bond acceptors (Lipinski definition) is 1. The van der Waals surface area contributed by atoms with Crippen LogP contribution in [0.25, 0.3) is 0 Å². The van der Waals surface area contributed by atoms with E-state index < -0.39 is 0 Å². The van der Waals surface area contributed by atoms with Crippen LogP contribution in [0.2, 0.25) is 0 Å². The lowest BCUT2D eigenvalue weighted by molar-refractivity contribution is 0.394. The molecule has 1 aromatic rings. The SMILES string of the molecule is c1ccc2c(c1)CC(NCC1CCCCCC1)C2. The molecule has 1 aromatic carbocycles. The number of rotatable bonds is 3. The Labute approximate surface area is 111 Å². The Hall–Kier alpha value is -0.820. The largest absolute Gasteiger partial charge is 0.313 e. The molecule has 0 bridgehead atoms. The van der Waals surface area contributed by atoms with Gasteiger partial charge in [0.2, 0.25) is 0 Å². The zero-order valence-corrected chi connectivity index (χ0v) is 11.3. The first-order valence-corrected chi connectivity index (χ1v) is 7.72. The summed E-state index contributed by atoms with van der Waals surface area (Å²) in [6.07, 6.45) is 11.2. The molecule has 0 aliphatic heterocycles. The van der Waals surface area contributed by atoms with Gasteiger partial charge in [0.05, 0.1) is 0 Å². The number of hydrogen-bond donors (Lipinski definition) is 1. The molecule has 0 amide bonds. The van der Waals surface area contributed by atoms with Crippen LogP contribution in [0.1, 0.15) is 49.7 Å². The van der Waals surface area contributed by atoms with E-state index in [1.165, 1.54) is 57.9 Å². The minimum atomic E-state index is 0.700. The zero-order chi connectivity index (χ0) is 12.2. The maximum Gasteiger partial charge on any atom is 0.0148 e. The summed E-state index contributed by atoms with van der Waals surface area (Å²) in [5, 5.41) is 3.83. The van der Waals surface area contributed by atoms with Crippen molar-refractivity contribution in [2.24, 2.45) is 5.92 Å². The second-order valence-electron chi connectivity index (χ2n) is 6.14. The molecule has 0 aromatic heterocycles. The Morgan fingerprint density at radius 3 is 2.11 bits per heavy atom. The minimum absolute atomic E-state index is 0.700. The smallest absolute Gasteiger partial charge is 0.0148 e. The van der Waals surface area contributed by atoms with Crippen molar-refractivity contribution in [3.63, 3.8) is 0 Å². The molecule has 98 valence electrons. The number of nitrogens with one attached hydrogen (secondary N) is 1. The molecule has 1 N–H and O–H groups in total. The van der Waals surface area contributed by atoms with E-state index in [0.29, 0.717) is 6.04 Å². The molecule has 0 heterocycles. The molecule has 0 unspecified atom stereocenters. The van der Waals surface area contributed by atoms with Gasteiger partial charge in [-0.25, -0.2) is 0 Å². The average Bonchev–Trinajstić information content (AvgIpc) is 2.63. The van der Waals surface area contributed by atoms with Crippen LogP contribution in [0, 0.1) is 5.92 Å². The van der Waals surface area contributed by atoms with Crippen LogP contribution in [0.15, 0.2) is 24.3 Å². The summed E-state index contributed by atoms with van der Waals surface area (Å²) in [5.41, 5.74) is 3.13. The van der Waals surface area contributed by atoms with E-state index in [1.54, 1.807) is 11.1 Å². The van der Waals surface area contributed by atoms with Crippen LogP contribution >= 0.6 is 0 Å². The summed E-state index contributed by atoms with van der Waals surface area (Å²) < 4.78 is 0. The molecule has 0 radical (unpaired) electrons. The number of fused-ring (bicyclic) bond motifs is 1. The highest BCUT2D eigenvalue weighted by atomic mass is 14.9. The highest BCUT2D eigenvalue weighted by Gasteiger charge is 2.21. The molecule has 0 spiro atoms. The van der Waals surface area contributed by atoms with Gasteiger partial charge in [-0.1, -0.05) is 49.9 Å². The average molecular weight is 243 g/mol. The van der Waals surface area contributed by atoms with Crippen molar-refractivity contribution in [3.05, 3.63) is 35.4 Å². The minimum Gasteiger partial charge on any atom is -0.313 e. The van der Waals surface area contributed by atoms with E-state index in [9.17, 15) is 0 Å². The number of benzene rings is 1. The normalized spacial score (nSPS) is 21.8. The fraction of sp³-hybridized carbons (Fsp3) is 0.647. The van der Waals surface area contributed by atoms with Crippen molar-refractivity contribution >= 4 is 0 Å². The molecule has 2 aliphatic rings. The maximum atomic E-state index is 3.83. The summed E-state index contributed by atoms with van der Waals surface area (Å²) in [7, 11) is 0. The summed E-state index contributed by atoms with van der Waals surface area (Å²) in [4.78, 5) is 0. The van der Waals surface area contributed by atoms with Crippen molar-refractivity contribution in [3.8, 4) is 0 Å². The van der Waals surface area contributed by atoms with E-state index in [2.05, 4.69) is 29.6 Å². The van der Waals surface area contributed by atoms with Gasteiger partial charge < -0.3 is 5.32 Å². The molecule has 0 saturated heterocycles. The molecule has 1 heteroatoms. The van der Waals surface area contributed by atoms with Crippen molar-refractivity contribution in [2.45, 2.75) is 57.4 Å². The van der Waals surface area contributed by atoms with Crippen LogP contribution in [0.3, 0.4) is 0 Å². The standard InChI is InChI=1S/C17H25N/c1-2-4-8-14(7-3-1)13-18-17-11-15-9-5-6-10-16(15)12-17/h5-6,9-10,14,17-18H,1-4,7-8,11-13H2. The topological polar surface area (TPSA) is 12.0 Å². The monoisotopic (exact) mass is 243 g/mol. The molecule has 2 aliphatic carbocycles. The highest BCUT2D eigenvalue weighted by Crippen LogP contribution is 2.24. The van der Waals surface area contributed by atoms with Gasteiger partial charge in [0.1, 0.15) is 0 Å². The molecular formula is C17H25N. The summed E-state index contributed by atoms with van der Waals surface area (Å²) in [6.45, 7) is 1.25. The summed E-state index contributed by atoms with van der Waals surface area (Å²) in [6, 6.07) is 9.63. The molecule has 1 fully saturated rings. The van der Waals surface area contributed by atoms with Crippen LogP contribution in [-0.4, -0.2) is 12.6 Å². The third-order valence-electron chi connectivity index (χ3n) is 4.72. The first kappa shape index (κ1) is 12.2. The van der Waals surface area contributed by atoms with Gasteiger partial charge in [-0.3, -0.25) is 0 Å². The van der Waals surface area contributed by atoms with Gasteiger partial charge in [0.25, 0.3) is 0 Å². The Bertz CT molecular complexity index is 352. The quantitative estimate of drug-likeness (QED) is 0.798. The van der Waals surface area contributed by atoms with Crippen molar-refractivity contribution < 1.29 is 0 Å². The first-order valence-electron chi connectivity index (χ1n) is 7.72. The predicted molar refractivity (Wildman–Crippen MR) is 76.8 cm³/mol. The van der Waals surface area contributed by atoms with Crippen LogP contribution in [0.4, 0.5) is 0 Å². The molecule has 0 atom stereocenters. The fourth-order valence-corrected chi connectivity index (χ4v) is 3.60. The lowest BCUT2D eigenvalue weighted by atomic mass is 10.00. The van der Waals surface area contributed by atoms with E-state index in [1.807, 2.05) is 0 Å². The van der Waals surface area contributed by atoms with E-state index in [0.717, 1.165) is 5.92 Å². The maximum absolute atomic E-state index is 3.83. The van der Waals surface area contributed by atoms with Crippen molar-refractivity contribution in [2.75, 3.05) is 6.54 Å². The van der Waals surface area contributed by atoms with Gasteiger partial charge in [0.15, 0.2) is 0 Å². The summed E-state index contributed by atoms with van der Waals surface area (Å²) >= 11 is 0.